The van der Waals surface area contributed by atoms with Crippen molar-refractivity contribution in [3.05, 3.63) is 28.5 Å². The van der Waals surface area contributed by atoms with E-state index >= 15 is 0 Å². The molecule has 0 fully saturated rings. The van der Waals surface area contributed by atoms with Crippen molar-refractivity contribution in [2.24, 2.45) is 10.2 Å². The number of carbonyl (C=O) groups is 1. The molecule has 0 atom stereocenters. The Morgan fingerprint density at radius 1 is 1.73 bits per heavy atom. The van der Waals surface area contributed by atoms with Crippen LogP contribution in [0.15, 0.2) is 33.7 Å². The van der Waals surface area contributed by atoms with E-state index in [0.29, 0.717) is 11.6 Å². The summed E-state index contributed by atoms with van der Waals surface area (Å²) in [5, 5.41) is 5.40. The molecule has 0 saturated heterocycles. The number of hydrogen-bond donors (Lipinski definition) is 1. The van der Waals surface area contributed by atoms with E-state index in [2.05, 4.69) is 15.5 Å². The number of hydrogen-bond acceptors (Lipinski definition) is 6. The van der Waals surface area contributed by atoms with Gasteiger partial charge in [-0.1, -0.05) is 0 Å². The molecule has 0 aromatic heterocycles. The van der Waals surface area contributed by atoms with E-state index in [0.717, 1.165) is 6.08 Å². The molecule has 0 aliphatic carbocycles. The van der Waals surface area contributed by atoms with Crippen LogP contribution in [0, 0.1) is 4.91 Å². The van der Waals surface area contributed by atoms with Crippen LogP contribution in [0.3, 0.4) is 0 Å². The summed E-state index contributed by atoms with van der Waals surface area (Å²) in [6.07, 6.45) is 2.63. The van der Waals surface area contributed by atoms with E-state index in [1.54, 1.807) is 0 Å². The van der Waals surface area contributed by atoms with Crippen LogP contribution in [0.1, 0.15) is 6.92 Å². The number of ketones is 1. The summed E-state index contributed by atoms with van der Waals surface area (Å²) in [5.74, 6) is 0.0544. The molecular formula is C9H11N3O3. The lowest BCUT2D eigenvalue weighted by molar-refractivity contribution is -0.111. The van der Waals surface area contributed by atoms with Crippen LogP contribution >= 0.6 is 0 Å². The first-order chi connectivity index (χ1) is 7.17. The Hall–Kier alpha value is -1.98. The zero-order chi connectivity index (χ0) is 11.3. The Morgan fingerprint density at radius 2 is 2.47 bits per heavy atom. The molecule has 0 spiro atoms. The molecule has 0 aromatic carbocycles. The lowest BCUT2D eigenvalue weighted by Gasteiger charge is -2.12. The Bertz CT molecular complexity index is 369. The quantitative estimate of drug-likeness (QED) is 0.548. The zero-order valence-corrected chi connectivity index (χ0v) is 8.48. The van der Waals surface area contributed by atoms with Gasteiger partial charge in [-0.2, -0.15) is 0 Å². The molecular weight excluding hydrogens is 198 g/mol. The highest BCUT2D eigenvalue weighted by Crippen LogP contribution is 2.03. The third-order valence-corrected chi connectivity index (χ3v) is 1.73. The molecule has 0 amide bonds. The van der Waals surface area contributed by atoms with Gasteiger partial charge >= 0.3 is 0 Å². The number of nitroso groups, excluding NO2 is 1. The highest BCUT2D eigenvalue weighted by molar-refractivity contribution is 6.08. The van der Waals surface area contributed by atoms with Crippen LogP contribution < -0.4 is 5.32 Å². The molecule has 1 rings (SSSR count). The first-order valence-corrected chi connectivity index (χ1v) is 4.27. The first kappa shape index (κ1) is 11.1. The van der Waals surface area contributed by atoms with E-state index in [9.17, 15) is 9.70 Å². The van der Waals surface area contributed by atoms with Crippen molar-refractivity contribution in [1.82, 2.24) is 5.32 Å². The average Bonchev–Trinajstić information content (AvgIpc) is 2.28. The Balaban J connectivity index is 2.81. The SMILES string of the molecule is COC1=NCNC(C(=O)/C=C(/C)N=O)=C1. The van der Waals surface area contributed by atoms with Gasteiger partial charge in [0.15, 0.2) is 0 Å². The van der Waals surface area contributed by atoms with Gasteiger partial charge in [-0.3, -0.25) is 4.79 Å². The summed E-state index contributed by atoms with van der Waals surface area (Å²) in [4.78, 5) is 25.5. The van der Waals surface area contributed by atoms with Gasteiger partial charge in [0.05, 0.1) is 18.5 Å². The minimum absolute atomic E-state index is 0.129. The summed E-state index contributed by atoms with van der Waals surface area (Å²) in [6, 6.07) is 0. The van der Waals surface area contributed by atoms with Crippen molar-refractivity contribution in [2.75, 3.05) is 13.8 Å². The molecule has 6 heteroatoms. The van der Waals surface area contributed by atoms with Crippen molar-refractivity contribution in [3.63, 3.8) is 0 Å². The number of nitrogens with one attached hydrogen (secondary N) is 1. The maximum absolute atomic E-state index is 11.5. The van der Waals surface area contributed by atoms with E-state index < -0.39 is 0 Å². The zero-order valence-electron chi connectivity index (χ0n) is 8.48. The number of methoxy groups -OCH3 is 1. The van der Waals surface area contributed by atoms with Gasteiger partial charge in [0.1, 0.15) is 6.67 Å². The average molecular weight is 209 g/mol. The molecule has 1 N–H and O–H groups in total. The van der Waals surface area contributed by atoms with Crippen molar-refractivity contribution in [3.8, 4) is 0 Å². The fraction of sp³-hybridized carbons (Fsp3) is 0.333. The lowest BCUT2D eigenvalue weighted by atomic mass is 10.2. The second kappa shape index (κ2) is 5.04. The lowest BCUT2D eigenvalue weighted by Crippen LogP contribution is -2.25. The maximum atomic E-state index is 11.5. The Kier molecular flexibility index (Phi) is 3.73. The molecule has 1 heterocycles. The molecule has 6 nitrogen and oxygen atoms in total. The highest BCUT2D eigenvalue weighted by Gasteiger charge is 2.12. The third-order valence-electron chi connectivity index (χ3n) is 1.73. The third kappa shape index (κ3) is 3.01. The number of rotatable bonds is 3. The summed E-state index contributed by atoms with van der Waals surface area (Å²) < 4.78 is 4.88. The number of nitrogens with zero attached hydrogens (tertiary/aromatic N) is 2. The van der Waals surface area contributed by atoms with Gasteiger partial charge in [-0.05, 0) is 12.1 Å². The van der Waals surface area contributed by atoms with Crippen LogP contribution in [0.4, 0.5) is 0 Å². The van der Waals surface area contributed by atoms with Gasteiger partial charge in [0.25, 0.3) is 0 Å². The smallest absolute Gasteiger partial charge is 0.212 e. The molecule has 1 aliphatic rings. The van der Waals surface area contributed by atoms with E-state index in [4.69, 9.17) is 4.74 Å². The number of aliphatic imine (C=N–C) groups is 1. The van der Waals surface area contributed by atoms with Crippen molar-refractivity contribution < 1.29 is 9.53 Å². The van der Waals surface area contributed by atoms with Crippen LogP contribution in [0.2, 0.25) is 0 Å². The summed E-state index contributed by atoms with van der Waals surface area (Å²) in [5.41, 5.74) is 0.467. The summed E-state index contributed by atoms with van der Waals surface area (Å²) in [7, 11) is 1.47. The molecule has 15 heavy (non-hydrogen) atoms. The largest absolute Gasteiger partial charge is 0.481 e. The van der Waals surface area contributed by atoms with Gasteiger partial charge < -0.3 is 10.1 Å². The van der Waals surface area contributed by atoms with Gasteiger partial charge in [0.2, 0.25) is 11.7 Å². The second-order valence-corrected chi connectivity index (χ2v) is 2.83. The van der Waals surface area contributed by atoms with Crippen LogP contribution in [-0.2, 0) is 9.53 Å². The molecule has 0 unspecified atom stereocenters. The normalized spacial score (nSPS) is 16.0. The predicted molar refractivity (Wildman–Crippen MR) is 55.1 cm³/mol. The van der Waals surface area contributed by atoms with Gasteiger partial charge in [0, 0.05) is 12.2 Å². The number of ether oxygens (including phenoxy) is 1. The minimum Gasteiger partial charge on any atom is -0.481 e. The van der Waals surface area contributed by atoms with Crippen molar-refractivity contribution in [2.45, 2.75) is 6.92 Å². The Labute approximate surface area is 86.7 Å². The molecule has 0 saturated carbocycles. The van der Waals surface area contributed by atoms with Crippen molar-refractivity contribution >= 4 is 11.7 Å². The van der Waals surface area contributed by atoms with Crippen molar-refractivity contribution in [1.29, 1.82) is 0 Å². The van der Waals surface area contributed by atoms with Crippen LogP contribution in [0.25, 0.3) is 0 Å². The molecule has 80 valence electrons. The van der Waals surface area contributed by atoms with Gasteiger partial charge in [-0.25, -0.2) is 4.99 Å². The second-order valence-electron chi connectivity index (χ2n) is 2.83. The van der Waals surface area contributed by atoms with Crippen LogP contribution in [0.5, 0.6) is 0 Å². The monoisotopic (exact) mass is 209 g/mol. The summed E-state index contributed by atoms with van der Waals surface area (Å²) in [6.45, 7) is 1.74. The topological polar surface area (TPSA) is 80.1 Å². The van der Waals surface area contributed by atoms with E-state index in [1.165, 1.54) is 20.1 Å². The summed E-state index contributed by atoms with van der Waals surface area (Å²) >= 11 is 0. The molecule has 0 aromatic rings. The molecule has 0 bridgehead atoms. The minimum atomic E-state index is -0.323. The number of allylic oxidation sites excluding steroid dienone is 2. The number of carbonyl (C=O) groups excluding carboxylic acids is 1. The predicted octanol–water partition coefficient (Wildman–Crippen LogP) is 0.715. The highest BCUT2D eigenvalue weighted by atomic mass is 16.5. The fourth-order valence-corrected chi connectivity index (χ4v) is 0.998. The van der Waals surface area contributed by atoms with Crippen LogP contribution in [-0.4, -0.2) is 25.5 Å². The first-order valence-electron chi connectivity index (χ1n) is 4.27. The fourth-order valence-electron chi connectivity index (χ4n) is 0.998. The van der Waals surface area contributed by atoms with E-state index in [-0.39, 0.29) is 18.1 Å². The van der Waals surface area contributed by atoms with E-state index in [1.807, 2.05) is 0 Å². The molecule has 1 aliphatic heterocycles. The standard InChI is InChI=1S/C9H11N3O3/c1-6(12-14)3-8(13)7-4-9(15-2)11-5-10-7/h3-4,10H,5H2,1-2H3/b6-3-. The maximum Gasteiger partial charge on any atom is 0.212 e. The van der Waals surface area contributed by atoms with Gasteiger partial charge in [-0.15, -0.1) is 4.91 Å². The molecule has 0 radical (unpaired) electrons. The Morgan fingerprint density at radius 3 is 3.07 bits per heavy atom.